The molecular formula is C17H21NO3. The fourth-order valence-corrected chi connectivity index (χ4v) is 2.80. The first kappa shape index (κ1) is 14.3. The van der Waals surface area contributed by atoms with Crippen LogP contribution in [-0.4, -0.2) is 24.4 Å². The minimum Gasteiger partial charge on any atom is -0.467 e. The van der Waals surface area contributed by atoms with Crippen molar-refractivity contribution in [2.24, 2.45) is 0 Å². The van der Waals surface area contributed by atoms with Gasteiger partial charge in [-0.25, -0.2) is 0 Å². The fraction of sp³-hybridized carbons (Fsp3) is 0.412. The molecule has 112 valence electrons. The van der Waals surface area contributed by atoms with Crippen LogP contribution in [0, 0.1) is 0 Å². The van der Waals surface area contributed by atoms with Crippen molar-refractivity contribution in [1.82, 2.24) is 5.32 Å². The van der Waals surface area contributed by atoms with Crippen molar-refractivity contribution in [3.8, 4) is 0 Å². The first-order valence-electron chi connectivity index (χ1n) is 7.42. The molecule has 0 spiro atoms. The van der Waals surface area contributed by atoms with Crippen LogP contribution in [0.25, 0.3) is 0 Å². The molecule has 0 radical (unpaired) electrons. The highest BCUT2D eigenvalue weighted by Crippen LogP contribution is 2.30. The van der Waals surface area contributed by atoms with E-state index in [1.807, 2.05) is 12.1 Å². The molecule has 2 unspecified atom stereocenters. The number of nitrogens with one attached hydrogen (secondary N) is 1. The lowest BCUT2D eigenvalue weighted by Crippen LogP contribution is -2.32. The standard InChI is InChI=1S/C17H21NO3/c19-14(11-20-12-15-5-3-9-21-15)10-18-17-8-7-13-4-1-2-6-16(13)17/h1-6,9,14,17-19H,7-8,10-12H2. The maximum atomic E-state index is 9.97. The molecule has 0 bridgehead atoms. The number of hydrogen-bond donors (Lipinski definition) is 2. The molecule has 1 aromatic carbocycles. The molecule has 1 aliphatic rings. The van der Waals surface area contributed by atoms with Gasteiger partial charge in [0.05, 0.1) is 19.0 Å². The maximum Gasteiger partial charge on any atom is 0.129 e. The van der Waals surface area contributed by atoms with Crippen LogP contribution >= 0.6 is 0 Å². The second-order valence-electron chi connectivity index (χ2n) is 5.45. The van der Waals surface area contributed by atoms with Gasteiger partial charge in [-0.05, 0) is 36.1 Å². The van der Waals surface area contributed by atoms with Crippen molar-refractivity contribution < 1.29 is 14.3 Å². The Kier molecular flexibility index (Phi) is 4.70. The minimum absolute atomic E-state index is 0.308. The molecule has 0 amide bonds. The van der Waals surface area contributed by atoms with Crippen LogP contribution in [0.3, 0.4) is 0 Å². The Bertz CT molecular complexity index is 553. The number of aryl methyl sites for hydroxylation is 1. The van der Waals surface area contributed by atoms with Gasteiger partial charge >= 0.3 is 0 Å². The van der Waals surface area contributed by atoms with E-state index in [1.165, 1.54) is 11.1 Å². The summed E-state index contributed by atoms with van der Waals surface area (Å²) in [7, 11) is 0. The summed E-state index contributed by atoms with van der Waals surface area (Å²) in [5.41, 5.74) is 2.78. The maximum absolute atomic E-state index is 9.97. The molecule has 0 saturated heterocycles. The molecule has 0 saturated carbocycles. The third-order valence-corrected chi connectivity index (χ3v) is 3.87. The molecule has 4 heteroatoms. The van der Waals surface area contributed by atoms with E-state index in [4.69, 9.17) is 9.15 Å². The van der Waals surface area contributed by atoms with E-state index in [9.17, 15) is 5.11 Å². The summed E-state index contributed by atoms with van der Waals surface area (Å²) >= 11 is 0. The van der Waals surface area contributed by atoms with Gasteiger partial charge in [0.2, 0.25) is 0 Å². The third-order valence-electron chi connectivity index (χ3n) is 3.87. The van der Waals surface area contributed by atoms with Crippen LogP contribution in [-0.2, 0) is 17.8 Å². The Morgan fingerprint density at radius 1 is 1.29 bits per heavy atom. The lowest BCUT2D eigenvalue weighted by molar-refractivity contribution is 0.0215. The first-order chi connectivity index (χ1) is 10.3. The van der Waals surface area contributed by atoms with E-state index < -0.39 is 6.10 Å². The zero-order chi connectivity index (χ0) is 14.5. The topological polar surface area (TPSA) is 54.6 Å². The van der Waals surface area contributed by atoms with Gasteiger partial charge in [-0.3, -0.25) is 0 Å². The highest BCUT2D eigenvalue weighted by Gasteiger charge is 2.21. The second kappa shape index (κ2) is 6.89. The lowest BCUT2D eigenvalue weighted by atomic mass is 10.1. The zero-order valence-electron chi connectivity index (χ0n) is 12.0. The normalized spacial score (nSPS) is 18.6. The molecule has 2 atom stereocenters. The monoisotopic (exact) mass is 287 g/mol. The highest BCUT2D eigenvalue weighted by molar-refractivity contribution is 5.34. The first-order valence-corrected chi connectivity index (χ1v) is 7.42. The Labute approximate surface area is 124 Å². The van der Waals surface area contributed by atoms with Crippen molar-refractivity contribution >= 4 is 0 Å². The molecular weight excluding hydrogens is 266 g/mol. The molecule has 2 aromatic rings. The van der Waals surface area contributed by atoms with Gasteiger partial charge < -0.3 is 19.6 Å². The summed E-state index contributed by atoms with van der Waals surface area (Å²) in [6, 6.07) is 12.5. The van der Waals surface area contributed by atoms with E-state index in [-0.39, 0.29) is 0 Å². The van der Waals surface area contributed by atoms with Gasteiger partial charge in [0.15, 0.2) is 0 Å². The van der Waals surface area contributed by atoms with Crippen LogP contribution in [0.5, 0.6) is 0 Å². The SMILES string of the molecule is OC(CNC1CCc2ccccc21)COCc1ccco1. The highest BCUT2D eigenvalue weighted by atomic mass is 16.5. The molecule has 1 aliphatic carbocycles. The number of aliphatic hydroxyl groups excluding tert-OH is 1. The van der Waals surface area contributed by atoms with Gasteiger partial charge in [-0.15, -0.1) is 0 Å². The van der Waals surface area contributed by atoms with Crippen molar-refractivity contribution in [1.29, 1.82) is 0 Å². The Morgan fingerprint density at radius 3 is 3.05 bits per heavy atom. The van der Waals surface area contributed by atoms with E-state index in [1.54, 1.807) is 6.26 Å². The Morgan fingerprint density at radius 2 is 2.19 bits per heavy atom. The van der Waals surface area contributed by atoms with Crippen LogP contribution in [0.15, 0.2) is 47.1 Å². The number of rotatable bonds is 7. The zero-order valence-corrected chi connectivity index (χ0v) is 12.0. The van der Waals surface area contributed by atoms with E-state index >= 15 is 0 Å². The number of hydrogen-bond acceptors (Lipinski definition) is 4. The van der Waals surface area contributed by atoms with E-state index in [0.717, 1.165) is 18.6 Å². The number of aliphatic hydroxyl groups is 1. The van der Waals surface area contributed by atoms with E-state index in [2.05, 4.69) is 29.6 Å². The van der Waals surface area contributed by atoms with Crippen molar-refractivity contribution in [3.05, 3.63) is 59.5 Å². The molecule has 1 aromatic heterocycles. The Balaban J connectivity index is 1.39. The quantitative estimate of drug-likeness (QED) is 0.821. The summed E-state index contributed by atoms with van der Waals surface area (Å²) in [4.78, 5) is 0. The average Bonchev–Trinajstić information content (AvgIpc) is 3.14. The predicted molar refractivity (Wildman–Crippen MR) is 79.9 cm³/mol. The summed E-state index contributed by atoms with van der Waals surface area (Å²) < 4.78 is 10.6. The van der Waals surface area contributed by atoms with Gasteiger partial charge in [0.1, 0.15) is 12.4 Å². The molecule has 0 aliphatic heterocycles. The number of ether oxygens (including phenoxy) is 1. The fourth-order valence-electron chi connectivity index (χ4n) is 2.80. The van der Waals surface area contributed by atoms with Crippen molar-refractivity contribution in [3.63, 3.8) is 0 Å². The molecule has 0 fully saturated rings. The minimum atomic E-state index is -0.507. The number of fused-ring (bicyclic) bond motifs is 1. The van der Waals surface area contributed by atoms with Crippen LogP contribution in [0.1, 0.15) is 29.3 Å². The summed E-state index contributed by atoms with van der Waals surface area (Å²) in [5.74, 6) is 0.778. The number of benzene rings is 1. The average molecular weight is 287 g/mol. The Hall–Kier alpha value is -1.62. The van der Waals surface area contributed by atoms with Gasteiger partial charge in [-0.1, -0.05) is 24.3 Å². The molecule has 2 N–H and O–H groups in total. The van der Waals surface area contributed by atoms with Crippen LogP contribution < -0.4 is 5.32 Å². The third kappa shape index (κ3) is 3.73. The van der Waals surface area contributed by atoms with Crippen LogP contribution in [0.4, 0.5) is 0 Å². The van der Waals surface area contributed by atoms with Gasteiger partial charge in [-0.2, -0.15) is 0 Å². The molecule has 3 rings (SSSR count). The lowest BCUT2D eigenvalue weighted by Gasteiger charge is -2.17. The smallest absolute Gasteiger partial charge is 0.129 e. The predicted octanol–water partition coefficient (Wildman–Crippen LogP) is 2.43. The summed E-state index contributed by atoms with van der Waals surface area (Å²) in [6.45, 7) is 1.25. The number of furan rings is 1. The van der Waals surface area contributed by atoms with Crippen molar-refractivity contribution in [2.75, 3.05) is 13.2 Å². The summed E-state index contributed by atoms with van der Waals surface area (Å²) in [5, 5.41) is 13.4. The van der Waals surface area contributed by atoms with Gasteiger partial charge in [0, 0.05) is 12.6 Å². The van der Waals surface area contributed by atoms with Gasteiger partial charge in [0.25, 0.3) is 0 Å². The molecule has 21 heavy (non-hydrogen) atoms. The molecule has 4 nitrogen and oxygen atoms in total. The van der Waals surface area contributed by atoms with E-state index in [0.29, 0.717) is 25.8 Å². The van der Waals surface area contributed by atoms with Crippen LogP contribution in [0.2, 0.25) is 0 Å². The summed E-state index contributed by atoms with van der Waals surface area (Å²) in [6.07, 6.45) is 3.32. The largest absolute Gasteiger partial charge is 0.467 e. The molecule has 1 heterocycles. The second-order valence-corrected chi connectivity index (χ2v) is 5.45. The van der Waals surface area contributed by atoms with Crippen molar-refractivity contribution in [2.45, 2.75) is 31.6 Å².